The van der Waals surface area contributed by atoms with Gasteiger partial charge in [-0.1, -0.05) is 23.2 Å². The third-order valence-corrected chi connectivity index (χ3v) is 4.27. The number of nitrogens with zero attached hydrogens (tertiary/aromatic N) is 3. The third-order valence-electron chi connectivity index (χ3n) is 3.72. The van der Waals surface area contributed by atoms with Crippen LogP contribution in [0, 0.1) is 0 Å². The number of carbonyl (C=O) groups excluding carboxylic acids is 1. The number of hydrogen-bond donors (Lipinski definition) is 1. The Morgan fingerprint density at radius 3 is 2.69 bits per heavy atom. The van der Waals surface area contributed by atoms with Crippen molar-refractivity contribution in [2.75, 3.05) is 5.32 Å². The van der Waals surface area contributed by atoms with Crippen molar-refractivity contribution in [2.24, 2.45) is 0 Å². The Morgan fingerprint density at radius 1 is 1.19 bits per heavy atom. The number of pyridine rings is 1. The molecule has 0 aliphatic heterocycles. The van der Waals surface area contributed by atoms with Crippen molar-refractivity contribution in [3.63, 3.8) is 0 Å². The predicted molar refractivity (Wildman–Crippen MR) is 102 cm³/mol. The van der Waals surface area contributed by atoms with Gasteiger partial charge in [0.25, 0.3) is 5.56 Å². The molecule has 2 aromatic heterocycles. The van der Waals surface area contributed by atoms with Crippen LogP contribution < -0.4 is 10.9 Å². The van der Waals surface area contributed by atoms with Crippen molar-refractivity contribution in [3.05, 3.63) is 75.3 Å². The normalized spacial score (nSPS) is 11.8. The van der Waals surface area contributed by atoms with Gasteiger partial charge >= 0.3 is 0 Å². The summed E-state index contributed by atoms with van der Waals surface area (Å²) >= 11 is 11.9. The summed E-state index contributed by atoms with van der Waals surface area (Å²) < 4.78 is 1.13. The maximum absolute atomic E-state index is 12.5. The Balaban J connectivity index is 1.88. The lowest BCUT2D eigenvalue weighted by molar-refractivity contribution is -0.119. The summed E-state index contributed by atoms with van der Waals surface area (Å²) in [6, 6.07) is 10.4. The maximum Gasteiger partial charge on any atom is 0.267 e. The molecule has 8 heteroatoms. The largest absolute Gasteiger partial charge is 0.323 e. The molecular weight excluding hydrogens is 375 g/mol. The Hall–Kier alpha value is -2.70. The quantitative estimate of drug-likeness (QED) is 0.736. The van der Waals surface area contributed by atoms with E-state index in [1.54, 1.807) is 43.6 Å². The number of amides is 1. The second kappa shape index (κ2) is 7.68. The van der Waals surface area contributed by atoms with E-state index in [-0.39, 0.29) is 5.56 Å². The van der Waals surface area contributed by atoms with Crippen molar-refractivity contribution in [3.8, 4) is 11.3 Å². The third kappa shape index (κ3) is 3.92. The van der Waals surface area contributed by atoms with Crippen LogP contribution in [-0.4, -0.2) is 20.7 Å². The van der Waals surface area contributed by atoms with Crippen LogP contribution in [0.2, 0.25) is 10.0 Å². The SMILES string of the molecule is CC(C(=O)Nc1ccc(Cl)cc1Cl)n1nc(-c2cccnc2)ccc1=O. The van der Waals surface area contributed by atoms with Crippen molar-refractivity contribution < 1.29 is 4.79 Å². The Kier molecular flexibility index (Phi) is 5.35. The number of aromatic nitrogens is 3. The minimum atomic E-state index is -0.842. The van der Waals surface area contributed by atoms with Crippen molar-refractivity contribution in [2.45, 2.75) is 13.0 Å². The van der Waals surface area contributed by atoms with Crippen LogP contribution in [0.25, 0.3) is 11.3 Å². The number of benzene rings is 1. The molecule has 0 bridgehead atoms. The van der Waals surface area contributed by atoms with E-state index >= 15 is 0 Å². The topological polar surface area (TPSA) is 76.9 Å². The highest BCUT2D eigenvalue weighted by Gasteiger charge is 2.19. The standard InChI is InChI=1S/C18H14Cl2N4O2/c1-11(18(26)22-16-5-4-13(19)9-14(16)20)24-17(25)7-6-15(23-24)12-3-2-8-21-10-12/h2-11H,1H3,(H,22,26). The fraction of sp³-hybridized carbons (Fsp3) is 0.111. The smallest absolute Gasteiger partial charge is 0.267 e. The first-order valence-corrected chi connectivity index (χ1v) is 8.47. The molecule has 1 atom stereocenters. The van der Waals surface area contributed by atoms with Gasteiger partial charge in [-0.2, -0.15) is 5.10 Å². The zero-order valence-electron chi connectivity index (χ0n) is 13.7. The molecule has 0 aliphatic carbocycles. The molecule has 2 heterocycles. The molecule has 0 radical (unpaired) electrons. The number of rotatable bonds is 4. The van der Waals surface area contributed by atoms with Crippen LogP contribution in [0.15, 0.2) is 59.7 Å². The van der Waals surface area contributed by atoms with Gasteiger partial charge in [-0.25, -0.2) is 4.68 Å². The van der Waals surface area contributed by atoms with E-state index in [1.165, 1.54) is 12.1 Å². The average Bonchev–Trinajstić information content (AvgIpc) is 2.64. The number of hydrogen-bond acceptors (Lipinski definition) is 4. The second-order valence-electron chi connectivity index (χ2n) is 5.53. The van der Waals surface area contributed by atoms with Crippen LogP contribution in [0.3, 0.4) is 0 Å². The zero-order valence-corrected chi connectivity index (χ0v) is 15.2. The molecule has 132 valence electrons. The number of anilines is 1. The molecule has 1 amide bonds. The fourth-order valence-electron chi connectivity index (χ4n) is 2.31. The number of halogens is 2. The summed E-state index contributed by atoms with van der Waals surface area (Å²) in [5, 5.41) is 7.74. The van der Waals surface area contributed by atoms with E-state index in [9.17, 15) is 9.59 Å². The number of nitrogens with one attached hydrogen (secondary N) is 1. The highest BCUT2D eigenvalue weighted by molar-refractivity contribution is 6.36. The van der Waals surface area contributed by atoms with Gasteiger partial charge in [0.05, 0.1) is 16.4 Å². The molecule has 26 heavy (non-hydrogen) atoms. The first-order chi connectivity index (χ1) is 12.5. The monoisotopic (exact) mass is 388 g/mol. The van der Waals surface area contributed by atoms with Crippen molar-refractivity contribution in [1.82, 2.24) is 14.8 Å². The van der Waals surface area contributed by atoms with E-state index < -0.39 is 11.9 Å². The predicted octanol–water partition coefficient (Wildman–Crippen LogP) is 3.81. The molecule has 3 aromatic rings. The van der Waals surface area contributed by atoms with E-state index in [0.717, 1.165) is 10.2 Å². The van der Waals surface area contributed by atoms with Crippen molar-refractivity contribution in [1.29, 1.82) is 0 Å². The summed E-state index contributed by atoms with van der Waals surface area (Å²) in [7, 11) is 0. The van der Waals surface area contributed by atoms with Crippen molar-refractivity contribution >= 4 is 34.8 Å². The summed E-state index contributed by atoms with van der Waals surface area (Å²) in [5.41, 5.74) is 1.31. The summed E-state index contributed by atoms with van der Waals surface area (Å²) in [4.78, 5) is 28.7. The van der Waals surface area contributed by atoms with Gasteiger partial charge in [-0.05, 0) is 43.3 Å². The molecule has 0 saturated heterocycles. The molecule has 0 spiro atoms. The maximum atomic E-state index is 12.5. The highest BCUT2D eigenvalue weighted by Crippen LogP contribution is 2.26. The van der Waals surface area contributed by atoms with E-state index in [1.807, 2.05) is 6.07 Å². The lowest BCUT2D eigenvalue weighted by Gasteiger charge is -2.15. The highest BCUT2D eigenvalue weighted by atomic mass is 35.5. The van der Waals surface area contributed by atoms with Crippen LogP contribution in [0.5, 0.6) is 0 Å². The molecule has 1 N–H and O–H groups in total. The minimum Gasteiger partial charge on any atom is -0.323 e. The van der Waals surface area contributed by atoms with Crippen LogP contribution >= 0.6 is 23.2 Å². The fourth-order valence-corrected chi connectivity index (χ4v) is 2.77. The molecule has 0 aliphatic rings. The molecule has 0 saturated carbocycles. The van der Waals surface area contributed by atoms with Gasteiger partial charge in [0, 0.05) is 29.0 Å². The lowest BCUT2D eigenvalue weighted by atomic mass is 10.2. The molecule has 1 aromatic carbocycles. The average molecular weight is 389 g/mol. The summed E-state index contributed by atoms with van der Waals surface area (Å²) in [6.07, 6.45) is 3.28. The Bertz CT molecular complexity index is 1010. The first-order valence-electron chi connectivity index (χ1n) is 7.72. The molecule has 0 fully saturated rings. The summed E-state index contributed by atoms with van der Waals surface area (Å²) in [5.74, 6) is -0.424. The lowest BCUT2D eigenvalue weighted by Crippen LogP contribution is -2.33. The van der Waals surface area contributed by atoms with Gasteiger partial charge in [-0.15, -0.1) is 0 Å². The molecule has 6 nitrogen and oxygen atoms in total. The van der Waals surface area contributed by atoms with Gasteiger partial charge < -0.3 is 5.32 Å². The zero-order chi connectivity index (χ0) is 18.7. The van der Waals surface area contributed by atoms with Gasteiger partial charge in [0.15, 0.2) is 0 Å². The number of carbonyl (C=O) groups is 1. The Morgan fingerprint density at radius 2 is 2.00 bits per heavy atom. The van der Waals surface area contributed by atoms with Crippen LogP contribution in [0.1, 0.15) is 13.0 Å². The van der Waals surface area contributed by atoms with E-state index in [2.05, 4.69) is 15.4 Å². The first kappa shape index (κ1) is 18.1. The Labute approximate surface area is 159 Å². The molecule has 1 unspecified atom stereocenters. The van der Waals surface area contributed by atoms with Gasteiger partial charge in [0.1, 0.15) is 6.04 Å². The van der Waals surface area contributed by atoms with Gasteiger partial charge in [0.2, 0.25) is 5.91 Å². The van der Waals surface area contributed by atoms with Crippen LogP contribution in [0.4, 0.5) is 5.69 Å². The van der Waals surface area contributed by atoms with Gasteiger partial charge in [-0.3, -0.25) is 14.6 Å². The molecular formula is C18H14Cl2N4O2. The van der Waals surface area contributed by atoms with E-state index in [4.69, 9.17) is 23.2 Å². The summed E-state index contributed by atoms with van der Waals surface area (Å²) in [6.45, 7) is 1.58. The van der Waals surface area contributed by atoms with E-state index in [0.29, 0.717) is 21.4 Å². The molecule has 3 rings (SSSR count). The second-order valence-corrected chi connectivity index (χ2v) is 6.38. The van der Waals surface area contributed by atoms with Crippen LogP contribution in [-0.2, 0) is 4.79 Å². The minimum absolute atomic E-state index is 0.308.